The average molecular weight is 301 g/mol. The van der Waals surface area contributed by atoms with Gasteiger partial charge in [0.25, 0.3) is 0 Å². The van der Waals surface area contributed by atoms with Gasteiger partial charge in [0, 0.05) is 5.56 Å². The van der Waals surface area contributed by atoms with Gasteiger partial charge in [0.2, 0.25) is 5.91 Å². The number of carbonyl (C=O) groups excluding carboxylic acids is 1. The van der Waals surface area contributed by atoms with Gasteiger partial charge in [0.15, 0.2) is 6.29 Å². The lowest BCUT2D eigenvalue weighted by Crippen LogP contribution is -2.48. The predicted octanol–water partition coefficient (Wildman–Crippen LogP) is 2.65. The molecule has 1 aromatic carbocycles. The maximum Gasteiger partial charge on any atom is 0.231 e. The van der Waals surface area contributed by atoms with E-state index in [0.29, 0.717) is 19.8 Å². The second kappa shape index (κ2) is 6.34. The van der Waals surface area contributed by atoms with Crippen LogP contribution in [0.5, 0.6) is 0 Å². The Labute approximate surface area is 129 Å². The van der Waals surface area contributed by atoms with Crippen molar-refractivity contribution in [1.29, 1.82) is 0 Å². The first-order valence-corrected chi connectivity index (χ1v) is 7.26. The van der Waals surface area contributed by atoms with Crippen LogP contribution in [0, 0.1) is 5.41 Å². The Bertz CT molecular complexity index is 601. The fourth-order valence-electron chi connectivity index (χ4n) is 2.34. The number of ether oxygens (including phenoxy) is 2. The number of hydrogen-bond donors (Lipinski definition) is 1. The average Bonchev–Trinajstić information content (AvgIpc) is 3.07. The highest BCUT2D eigenvalue weighted by atomic mass is 16.7. The lowest BCUT2D eigenvalue weighted by Gasteiger charge is -2.36. The number of furan rings is 1. The smallest absolute Gasteiger partial charge is 0.231 e. The summed E-state index contributed by atoms with van der Waals surface area (Å²) in [4.78, 5) is 12.3. The van der Waals surface area contributed by atoms with Gasteiger partial charge in [-0.3, -0.25) is 4.79 Å². The largest absolute Gasteiger partial charge is 0.467 e. The van der Waals surface area contributed by atoms with Gasteiger partial charge < -0.3 is 19.2 Å². The van der Waals surface area contributed by atoms with Gasteiger partial charge in [-0.15, -0.1) is 0 Å². The van der Waals surface area contributed by atoms with Crippen molar-refractivity contribution < 1.29 is 18.7 Å². The third-order valence-electron chi connectivity index (χ3n) is 3.73. The standard InChI is InChI=1S/C17H19NO4/c1-17(16(19)18-10-14-8-5-9-20-14)11-21-15(22-12-17)13-6-3-2-4-7-13/h2-9,15H,10-12H2,1H3,(H,18,19). The predicted molar refractivity (Wildman–Crippen MR) is 79.7 cm³/mol. The zero-order chi connectivity index (χ0) is 15.4. The van der Waals surface area contributed by atoms with Crippen LogP contribution in [-0.2, 0) is 20.8 Å². The Morgan fingerprint density at radius 3 is 2.55 bits per heavy atom. The quantitative estimate of drug-likeness (QED) is 0.943. The topological polar surface area (TPSA) is 60.7 Å². The third-order valence-corrected chi connectivity index (χ3v) is 3.73. The van der Waals surface area contributed by atoms with E-state index in [2.05, 4.69) is 5.32 Å². The van der Waals surface area contributed by atoms with E-state index in [1.54, 1.807) is 12.3 Å². The van der Waals surface area contributed by atoms with Crippen LogP contribution in [0.1, 0.15) is 24.5 Å². The van der Waals surface area contributed by atoms with Crippen LogP contribution >= 0.6 is 0 Å². The van der Waals surface area contributed by atoms with Crippen molar-refractivity contribution in [2.75, 3.05) is 13.2 Å². The summed E-state index contributed by atoms with van der Waals surface area (Å²) in [6, 6.07) is 13.3. The highest BCUT2D eigenvalue weighted by molar-refractivity contribution is 5.82. The van der Waals surface area contributed by atoms with Crippen molar-refractivity contribution in [3.8, 4) is 0 Å². The highest BCUT2D eigenvalue weighted by Crippen LogP contribution is 2.31. The summed E-state index contributed by atoms with van der Waals surface area (Å²) in [5.74, 6) is 0.618. The molecule has 5 nitrogen and oxygen atoms in total. The van der Waals surface area contributed by atoms with E-state index in [4.69, 9.17) is 13.9 Å². The molecule has 0 spiro atoms. The molecule has 1 aliphatic rings. The summed E-state index contributed by atoms with van der Waals surface area (Å²) in [5.41, 5.74) is 0.262. The van der Waals surface area contributed by atoms with Gasteiger partial charge in [0.1, 0.15) is 5.76 Å². The minimum Gasteiger partial charge on any atom is -0.467 e. The normalized spacial score (nSPS) is 24.9. The van der Waals surface area contributed by atoms with Crippen LogP contribution < -0.4 is 5.32 Å². The summed E-state index contributed by atoms with van der Waals surface area (Å²) in [7, 11) is 0. The maximum atomic E-state index is 12.3. The Kier molecular flexibility index (Phi) is 4.27. The van der Waals surface area contributed by atoms with Gasteiger partial charge in [0.05, 0.1) is 31.4 Å². The number of carbonyl (C=O) groups is 1. The molecular formula is C17H19NO4. The van der Waals surface area contributed by atoms with Crippen molar-refractivity contribution in [2.24, 2.45) is 5.41 Å². The lowest BCUT2D eigenvalue weighted by molar-refractivity contribution is -0.228. The van der Waals surface area contributed by atoms with Crippen LogP contribution in [-0.4, -0.2) is 19.1 Å². The van der Waals surface area contributed by atoms with E-state index >= 15 is 0 Å². The maximum absolute atomic E-state index is 12.3. The summed E-state index contributed by atoms with van der Waals surface area (Å²) >= 11 is 0. The zero-order valence-electron chi connectivity index (χ0n) is 12.5. The van der Waals surface area contributed by atoms with Gasteiger partial charge in [-0.1, -0.05) is 30.3 Å². The molecule has 1 saturated heterocycles. The number of amides is 1. The SMILES string of the molecule is CC1(C(=O)NCc2ccco2)COC(c2ccccc2)OC1. The molecule has 116 valence electrons. The van der Waals surface area contributed by atoms with E-state index in [1.165, 1.54) is 0 Å². The van der Waals surface area contributed by atoms with Gasteiger partial charge in [-0.05, 0) is 19.1 Å². The van der Waals surface area contributed by atoms with Crippen molar-refractivity contribution in [1.82, 2.24) is 5.32 Å². The number of hydrogen-bond acceptors (Lipinski definition) is 4. The molecule has 0 radical (unpaired) electrons. The number of rotatable bonds is 4. The molecule has 1 aromatic heterocycles. The van der Waals surface area contributed by atoms with Crippen molar-refractivity contribution in [3.63, 3.8) is 0 Å². The van der Waals surface area contributed by atoms with Crippen LogP contribution in [0.15, 0.2) is 53.1 Å². The fraction of sp³-hybridized carbons (Fsp3) is 0.353. The first-order valence-electron chi connectivity index (χ1n) is 7.26. The number of benzene rings is 1. The zero-order valence-corrected chi connectivity index (χ0v) is 12.5. The highest BCUT2D eigenvalue weighted by Gasteiger charge is 2.39. The molecule has 5 heteroatoms. The number of nitrogens with one attached hydrogen (secondary N) is 1. The molecule has 0 aliphatic carbocycles. The van der Waals surface area contributed by atoms with E-state index in [1.807, 2.05) is 43.3 Å². The molecule has 2 heterocycles. The van der Waals surface area contributed by atoms with Gasteiger partial charge in [-0.2, -0.15) is 0 Å². The Morgan fingerprint density at radius 2 is 1.91 bits per heavy atom. The van der Waals surface area contributed by atoms with Crippen molar-refractivity contribution in [2.45, 2.75) is 19.8 Å². The Balaban J connectivity index is 1.55. The van der Waals surface area contributed by atoms with Crippen molar-refractivity contribution in [3.05, 3.63) is 60.1 Å². The molecule has 22 heavy (non-hydrogen) atoms. The molecule has 0 unspecified atom stereocenters. The van der Waals surface area contributed by atoms with Gasteiger partial charge >= 0.3 is 0 Å². The minimum absolute atomic E-state index is 0.101. The van der Waals surface area contributed by atoms with Crippen molar-refractivity contribution >= 4 is 5.91 Å². The molecule has 0 atom stereocenters. The molecule has 0 saturated carbocycles. The van der Waals surface area contributed by atoms with Crippen LogP contribution in [0.3, 0.4) is 0 Å². The fourth-order valence-corrected chi connectivity index (χ4v) is 2.34. The van der Waals surface area contributed by atoms with E-state index in [-0.39, 0.29) is 5.91 Å². The molecular weight excluding hydrogens is 282 g/mol. The molecule has 0 bridgehead atoms. The molecule has 1 fully saturated rings. The summed E-state index contributed by atoms with van der Waals surface area (Å²) in [6.45, 7) is 2.84. The Morgan fingerprint density at radius 1 is 1.18 bits per heavy atom. The van der Waals surface area contributed by atoms with Crippen LogP contribution in [0.4, 0.5) is 0 Å². The van der Waals surface area contributed by atoms with Crippen LogP contribution in [0.2, 0.25) is 0 Å². The van der Waals surface area contributed by atoms with E-state index in [0.717, 1.165) is 11.3 Å². The molecule has 3 rings (SSSR count). The first kappa shape index (κ1) is 14.8. The monoisotopic (exact) mass is 301 g/mol. The summed E-state index contributed by atoms with van der Waals surface area (Å²) in [5, 5.41) is 2.86. The molecule has 1 aliphatic heterocycles. The van der Waals surface area contributed by atoms with E-state index in [9.17, 15) is 4.79 Å². The minimum atomic E-state index is -0.697. The Hall–Kier alpha value is -2.11. The molecule has 2 aromatic rings. The molecule has 1 amide bonds. The summed E-state index contributed by atoms with van der Waals surface area (Å²) < 4.78 is 16.7. The second-order valence-corrected chi connectivity index (χ2v) is 5.69. The van der Waals surface area contributed by atoms with Gasteiger partial charge in [-0.25, -0.2) is 0 Å². The third kappa shape index (κ3) is 3.21. The second-order valence-electron chi connectivity index (χ2n) is 5.69. The first-order chi connectivity index (χ1) is 10.7. The molecule has 1 N–H and O–H groups in total. The van der Waals surface area contributed by atoms with Crippen LogP contribution in [0.25, 0.3) is 0 Å². The summed E-state index contributed by atoms with van der Waals surface area (Å²) in [6.07, 6.45) is 1.17. The van der Waals surface area contributed by atoms with E-state index < -0.39 is 11.7 Å². The lowest BCUT2D eigenvalue weighted by atomic mass is 9.90.